The van der Waals surface area contributed by atoms with Crippen LogP contribution in [0.15, 0.2) is 34.9 Å². The van der Waals surface area contributed by atoms with Gasteiger partial charge in [0.25, 0.3) is 11.8 Å². The van der Waals surface area contributed by atoms with Crippen molar-refractivity contribution >= 4 is 28.6 Å². The Balaban J connectivity index is 1.68. The number of benzene rings is 1. The predicted molar refractivity (Wildman–Crippen MR) is 79.1 cm³/mol. The minimum Gasteiger partial charge on any atom is -0.414 e. The molecule has 0 atom stereocenters. The fourth-order valence-electron chi connectivity index (χ4n) is 1.69. The average Bonchev–Trinajstić information content (AvgIpc) is 3.14. The Labute approximate surface area is 133 Å². The lowest BCUT2D eigenvalue weighted by atomic mass is 10.3. The number of thiazole rings is 1. The molecule has 0 bridgehead atoms. The third-order valence-electron chi connectivity index (χ3n) is 2.66. The largest absolute Gasteiger partial charge is 0.414 e. The van der Waals surface area contributed by atoms with Crippen molar-refractivity contribution in [2.45, 2.75) is 13.0 Å². The highest BCUT2D eigenvalue weighted by Gasteiger charge is 2.18. The molecule has 2 heterocycles. The Hall–Kier alpha value is -2.06. The Morgan fingerprint density at radius 3 is 2.91 bits per heavy atom. The van der Waals surface area contributed by atoms with E-state index in [2.05, 4.69) is 20.5 Å². The van der Waals surface area contributed by atoms with Crippen molar-refractivity contribution in [1.29, 1.82) is 0 Å². The first-order chi connectivity index (χ1) is 10.6. The van der Waals surface area contributed by atoms with Gasteiger partial charge in [0, 0.05) is 10.7 Å². The standard InChI is InChI=1S/C13H9ClF2N4OS/c14-7-2-1-3-8(4-7)17-6-10-18-5-9(22-10)12-19-20-13(21-12)11(15)16/h1-5,11,17H,6H2. The second-order valence-corrected chi connectivity index (χ2v) is 5.78. The van der Waals surface area contributed by atoms with Crippen LogP contribution in [0.25, 0.3) is 10.8 Å². The van der Waals surface area contributed by atoms with Crippen molar-refractivity contribution in [2.24, 2.45) is 0 Å². The Kier molecular flexibility index (Phi) is 4.30. The maximum atomic E-state index is 12.4. The fourth-order valence-corrected chi connectivity index (χ4v) is 2.66. The van der Waals surface area contributed by atoms with E-state index in [4.69, 9.17) is 16.0 Å². The second kappa shape index (κ2) is 6.37. The van der Waals surface area contributed by atoms with E-state index in [1.54, 1.807) is 12.1 Å². The van der Waals surface area contributed by atoms with Crippen molar-refractivity contribution in [3.05, 3.63) is 46.4 Å². The number of rotatable bonds is 5. The molecule has 114 valence electrons. The van der Waals surface area contributed by atoms with E-state index in [0.29, 0.717) is 16.4 Å². The number of aromatic nitrogens is 3. The van der Waals surface area contributed by atoms with E-state index in [1.807, 2.05) is 12.1 Å². The maximum absolute atomic E-state index is 12.4. The monoisotopic (exact) mass is 342 g/mol. The highest BCUT2D eigenvalue weighted by molar-refractivity contribution is 7.15. The van der Waals surface area contributed by atoms with E-state index < -0.39 is 12.3 Å². The molecule has 9 heteroatoms. The first-order valence-electron chi connectivity index (χ1n) is 6.18. The summed E-state index contributed by atoms with van der Waals surface area (Å²) in [6.07, 6.45) is -1.26. The van der Waals surface area contributed by atoms with Crippen molar-refractivity contribution in [1.82, 2.24) is 15.2 Å². The van der Waals surface area contributed by atoms with E-state index in [1.165, 1.54) is 17.5 Å². The van der Waals surface area contributed by atoms with Gasteiger partial charge in [0.1, 0.15) is 9.88 Å². The van der Waals surface area contributed by atoms with Gasteiger partial charge in [-0.3, -0.25) is 0 Å². The number of halogens is 3. The molecule has 0 unspecified atom stereocenters. The van der Waals surface area contributed by atoms with Crippen LogP contribution < -0.4 is 5.32 Å². The lowest BCUT2D eigenvalue weighted by Gasteiger charge is -2.03. The lowest BCUT2D eigenvalue weighted by molar-refractivity contribution is 0.116. The first-order valence-corrected chi connectivity index (χ1v) is 7.37. The number of nitrogens with zero attached hydrogens (tertiary/aromatic N) is 3. The first kappa shape index (κ1) is 14.9. The number of nitrogens with one attached hydrogen (secondary N) is 1. The van der Waals surface area contributed by atoms with Crippen molar-refractivity contribution < 1.29 is 13.2 Å². The van der Waals surface area contributed by atoms with E-state index in [9.17, 15) is 8.78 Å². The van der Waals surface area contributed by atoms with Crippen LogP contribution in [0.1, 0.15) is 17.3 Å². The van der Waals surface area contributed by atoms with Crippen molar-refractivity contribution in [3.63, 3.8) is 0 Å². The van der Waals surface area contributed by atoms with Gasteiger partial charge in [-0.05, 0) is 18.2 Å². The summed E-state index contributed by atoms with van der Waals surface area (Å²) in [5, 5.41) is 11.4. The van der Waals surface area contributed by atoms with Crippen LogP contribution in [0.3, 0.4) is 0 Å². The number of hydrogen-bond acceptors (Lipinski definition) is 6. The minimum absolute atomic E-state index is 0.0433. The topological polar surface area (TPSA) is 63.8 Å². The van der Waals surface area contributed by atoms with Crippen LogP contribution in [0.5, 0.6) is 0 Å². The number of hydrogen-bond donors (Lipinski definition) is 1. The molecule has 1 aromatic carbocycles. The van der Waals surface area contributed by atoms with Gasteiger partial charge in [0.05, 0.1) is 12.7 Å². The zero-order valence-electron chi connectivity index (χ0n) is 11.0. The summed E-state index contributed by atoms with van der Waals surface area (Å²) in [5.41, 5.74) is 0.863. The van der Waals surface area contributed by atoms with Crippen LogP contribution in [-0.2, 0) is 6.54 Å². The third kappa shape index (κ3) is 3.40. The molecule has 5 nitrogen and oxygen atoms in total. The quantitative estimate of drug-likeness (QED) is 0.744. The van der Waals surface area contributed by atoms with Crippen LogP contribution in [0.2, 0.25) is 5.02 Å². The fraction of sp³-hybridized carbons (Fsp3) is 0.154. The maximum Gasteiger partial charge on any atom is 0.314 e. The molecule has 0 fully saturated rings. The minimum atomic E-state index is -2.78. The summed E-state index contributed by atoms with van der Waals surface area (Å²) in [7, 11) is 0. The molecule has 1 N–H and O–H groups in total. The molecule has 0 aliphatic heterocycles. The molecule has 3 rings (SSSR count). The molecule has 0 spiro atoms. The summed E-state index contributed by atoms with van der Waals surface area (Å²) in [6, 6.07) is 7.29. The molecule has 22 heavy (non-hydrogen) atoms. The summed E-state index contributed by atoms with van der Waals surface area (Å²) in [5.74, 6) is -0.649. The van der Waals surface area contributed by atoms with Gasteiger partial charge in [-0.25, -0.2) is 4.98 Å². The van der Waals surface area contributed by atoms with E-state index >= 15 is 0 Å². The van der Waals surface area contributed by atoms with Crippen LogP contribution in [-0.4, -0.2) is 15.2 Å². The van der Waals surface area contributed by atoms with Crippen LogP contribution in [0, 0.1) is 0 Å². The molecular weight excluding hydrogens is 334 g/mol. The van der Waals surface area contributed by atoms with Gasteiger partial charge in [0.15, 0.2) is 0 Å². The van der Waals surface area contributed by atoms with Gasteiger partial charge >= 0.3 is 6.43 Å². The highest BCUT2D eigenvalue weighted by atomic mass is 35.5. The summed E-state index contributed by atoms with van der Waals surface area (Å²) >= 11 is 7.18. The van der Waals surface area contributed by atoms with Crippen LogP contribution in [0.4, 0.5) is 14.5 Å². The van der Waals surface area contributed by atoms with Gasteiger partial charge in [-0.15, -0.1) is 21.5 Å². The summed E-state index contributed by atoms with van der Waals surface area (Å²) < 4.78 is 29.7. The molecule has 0 amide bonds. The van der Waals surface area contributed by atoms with Crippen molar-refractivity contribution in [2.75, 3.05) is 5.32 Å². The predicted octanol–water partition coefficient (Wildman–Crippen LogP) is 4.40. The lowest BCUT2D eigenvalue weighted by Crippen LogP contribution is -1.98. The van der Waals surface area contributed by atoms with Gasteiger partial charge in [0.2, 0.25) is 0 Å². The Morgan fingerprint density at radius 2 is 2.18 bits per heavy atom. The Bertz CT molecular complexity index is 777. The normalized spacial score (nSPS) is 11.1. The van der Waals surface area contributed by atoms with Gasteiger partial charge in [-0.1, -0.05) is 17.7 Å². The molecule has 2 aromatic heterocycles. The summed E-state index contributed by atoms with van der Waals surface area (Å²) in [6.45, 7) is 0.473. The third-order valence-corrected chi connectivity index (χ3v) is 3.88. The molecule has 0 saturated carbocycles. The average molecular weight is 343 g/mol. The molecule has 0 aliphatic carbocycles. The zero-order valence-corrected chi connectivity index (χ0v) is 12.5. The highest BCUT2D eigenvalue weighted by Crippen LogP contribution is 2.28. The van der Waals surface area contributed by atoms with Crippen molar-refractivity contribution in [3.8, 4) is 10.8 Å². The Morgan fingerprint density at radius 1 is 1.32 bits per heavy atom. The zero-order chi connectivity index (χ0) is 15.5. The van der Waals surface area contributed by atoms with Gasteiger partial charge in [-0.2, -0.15) is 8.78 Å². The van der Waals surface area contributed by atoms with Crippen LogP contribution >= 0.6 is 22.9 Å². The van der Waals surface area contributed by atoms with E-state index in [0.717, 1.165) is 10.7 Å². The summed E-state index contributed by atoms with van der Waals surface area (Å²) in [4.78, 5) is 4.74. The molecule has 0 saturated heterocycles. The second-order valence-electron chi connectivity index (χ2n) is 4.23. The van der Waals surface area contributed by atoms with Gasteiger partial charge < -0.3 is 9.73 Å². The number of anilines is 1. The molecule has 3 aromatic rings. The SMILES string of the molecule is FC(F)c1nnc(-c2cnc(CNc3cccc(Cl)c3)s2)o1. The molecular formula is C13H9ClF2N4OS. The molecule has 0 aliphatic rings. The molecule has 0 radical (unpaired) electrons. The number of alkyl halides is 2. The smallest absolute Gasteiger partial charge is 0.314 e. The van der Waals surface area contributed by atoms with E-state index in [-0.39, 0.29) is 5.89 Å².